The number of pyridine rings is 1. The van der Waals surface area contributed by atoms with Crippen LogP contribution in [0.2, 0.25) is 0 Å². The third-order valence-electron chi connectivity index (χ3n) is 5.26. The summed E-state index contributed by atoms with van der Waals surface area (Å²) in [6.45, 7) is 0.609. The number of nitrogens with one attached hydrogen (secondary N) is 2. The van der Waals surface area contributed by atoms with E-state index in [1.807, 2.05) is 17.0 Å². The highest BCUT2D eigenvalue weighted by molar-refractivity contribution is 5.64. The normalized spacial score (nSPS) is 15.8. The number of aromatic nitrogens is 6. The first-order chi connectivity index (χ1) is 15.6. The lowest BCUT2D eigenvalue weighted by Gasteiger charge is -2.25. The molecule has 0 aliphatic carbocycles. The van der Waals surface area contributed by atoms with Gasteiger partial charge in [0.05, 0.1) is 11.7 Å². The first kappa shape index (κ1) is 19.8. The summed E-state index contributed by atoms with van der Waals surface area (Å²) in [5.41, 5.74) is 7.97. The molecule has 4 heterocycles. The molecule has 32 heavy (non-hydrogen) atoms. The Kier molecular flexibility index (Phi) is 5.06. The number of halogens is 2. The number of anilines is 4. The van der Waals surface area contributed by atoms with Crippen molar-refractivity contribution < 1.29 is 8.78 Å². The van der Waals surface area contributed by atoms with Gasteiger partial charge in [0.15, 0.2) is 5.82 Å². The molecule has 4 N–H and O–H groups in total. The number of nitrogens with two attached hydrogens (primary N) is 1. The molecule has 0 amide bonds. The van der Waals surface area contributed by atoms with Crippen LogP contribution in [0.1, 0.15) is 24.4 Å². The van der Waals surface area contributed by atoms with Crippen LogP contribution in [0, 0.1) is 11.6 Å². The number of benzene rings is 1. The summed E-state index contributed by atoms with van der Waals surface area (Å²) in [6.07, 6.45) is 4.91. The van der Waals surface area contributed by atoms with Crippen LogP contribution in [0.5, 0.6) is 0 Å². The topological polar surface area (TPSA) is 122 Å². The van der Waals surface area contributed by atoms with Gasteiger partial charge < -0.3 is 16.0 Å². The minimum Gasteiger partial charge on any atom is -0.368 e. The van der Waals surface area contributed by atoms with Crippen LogP contribution in [-0.4, -0.2) is 36.7 Å². The molecule has 11 heteroatoms. The molecule has 1 aliphatic heterocycles. The first-order valence-electron chi connectivity index (χ1n) is 10.0. The van der Waals surface area contributed by atoms with Crippen LogP contribution in [-0.2, 0) is 0 Å². The summed E-state index contributed by atoms with van der Waals surface area (Å²) < 4.78 is 27.8. The Labute approximate surface area is 181 Å². The van der Waals surface area contributed by atoms with Crippen molar-refractivity contribution in [2.75, 3.05) is 22.5 Å². The molecule has 1 unspecified atom stereocenters. The fraction of sp³-hybridized carbons (Fsp3) is 0.190. The Balaban J connectivity index is 1.41. The minimum atomic E-state index is -0.614. The molecule has 5 rings (SSSR count). The molecule has 4 aromatic rings. The minimum absolute atomic E-state index is 0.0192. The Hall–Kier alpha value is -4.15. The molecule has 1 aliphatic rings. The summed E-state index contributed by atoms with van der Waals surface area (Å²) in [5, 5.41) is 10.2. The predicted octanol–water partition coefficient (Wildman–Crippen LogP) is 3.60. The van der Waals surface area contributed by atoms with Gasteiger partial charge in [-0.1, -0.05) is 6.07 Å². The number of aromatic amines is 1. The molecule has 0 bridgehead atoms. The smallest absolute Gasteiger partial charge is 0.235 e. The molecule has 1 fully saturated rings. The summed E-state index contributed by atoms with van der Waals surface area (Å²) in [5.74, 6) is -0.178. The average Bonchev–Trinajstić information content (AvgIpc) is 3.44. The van der Waals surface area contributed by atoms with Crippen LogP contribution in [0.25, 0.3) is 11.3 Å². The number of H-pyrrole nitrogens is 1. The van der Waals surface area contributed by atoms with Crippen molar-refractivity contribution in [2.24, 2.45) is 0 Å². The maximum atomic E-state index is 14.4. The second-order valence-electron chi connectivity index (χ2n) is 7.37. The maximum Gasteiger partial charge on any atom is 0.235 e. The van der Waals surface area contributed by atoms with E-state index in [-0.39, 0.29) is 17.9 Å². The van der Waals surface area contributed by atoms with E-state index in [1.54, 1.807) is 18.5 Å². The summed E-state index contributed by atoms with van der Waals surface area (Å²) in [7, 11) is 0. The molecule has 1 aromatic carbocycles. The zero-order chi connectivity index (χ0) is 22.1. The lowest BCUT2D eigenvalue weighted by atomic mass is 10.0. The van der Waals surface area contributed by atoms with Gasteiger partial charge >= 0.3 is 0 Å². The number of hydrogen-bond donors (Lipinski definition) is 3. The van der Waals surface area contributed by atoms with Gasteiger partial charge in [0, 0.05) is 42.2 Å². The number of hydrogen-bond acceptors (Lipinski definition) is 8. The molecule has 9 nitrogen and oxygen atoms in total. The summed E-state index contributed by atoms with van der Waals surface area (Å²) >= 11 is 0. The summed E-state index contributed by atoms with van der Waals surface area (Å²) in [4.78, 5) is 18.8. The van der Waals surface area contributed by atoms with Gasteiger partial charge in [-0.15, -0.1) is 0 Å². The third-order valence-corrected chi connectivity index (χ3v) is 5.26. The zero-order valence-corrected chi connectivity index (χ0v) is 16.8. The Bertz CT molecular complexity index is 1250. The fourth-order valence-electron chi connectivity index (χ4n) is 3.84. The quantitative estimate of drug-likeness (QED) is 0.435. The SMILES string of the molecule is Nc1nc(Nc2cc(-c3cccnc3)[nH]n2)nc(N2CCCC2c2ccc(F)cc2F)n1. The van der Waals surface area contributed by atoms with Gasteiger partial charge in [0.25, 0.3) is 0 Å². The molecular weight excluding hydrogens is 416 g/mol. The Morgan fingerprint density at radius 3 is 2.84 bits per heavy atom. The van der Waals surface area contributed by atoms with Crippen molar-refractivity contribution in [2.45, 2.75) is 18.9 Å². The first-order valence-corrected chi connectivity index (χ1v) is 10.0. The van der Waals surface area contributed by atoms with Gasteiger partial charge in [-0.2, -0.15) is 20.1 Å². The number of nitrogens with zero attached hydrogens (tertiary/aromatic N) is 6. The van der Waals surface area contributed by atoms with Crippen molar-refractivity contribution >= 4 is 23.7 Å². The van der Waals surface area contributed by atoms with Crippen LogP contribution >= 0.6 is 0 Å². The highest BCUT2D eigenvalue weighted by Gasteiger charge is 2.31. The van der Waals surface area contributed by atoms with Gasteiger partial charge in [-0.3, -0.25) is 10.1 Å². The monoisotopic (exact) mass is 435 g/mol. The van der Waals surface area contributed by atoms with Crippen molar-refractivity contribution in [1.29, 1.82) is 0 Å². The van der Waals surface area contributed by atoms with E-state index in [1.165, 1.54) is 12.1 Å². The molecule has 3 aromatic heterocycles. The van der Waals surface area contributed by atoms with E-state index in [0.29, 0.717) is 30.3 Å². The van der Waals surface area contributed by atoms with E-state index in [9.17, 15) is 8.78 Å². The molecule has 0 spiro atoms. The Morgan fingerprint density at radius 1 is 1.12 bits per heavy atom. The molecule has 0 radical (unpaired) electrons. The van der Waals surface area contributed by atoms with E-state index in [4.69, 9.17) is 5.73 Å². The van der Waals surface area contributed by atoms with E-state index in [2.05, 4.69) is 35.5 Å². The van der Waals surface area contributed by atoms with Crippen LogP contribution < -0.4 is 16.0 Å². The van der Waals surface area contributed by atoms with Gasteiger partial charge in [0.1, 0.15) is 11.6 Å². The Morgan fingerprint density at radius 2 is 2.03 bits per heavy atom. The van der Waals surface area contributed by atoms with Crippen molar-refractivity contribution in [1.82, 2.24) is 30.1 Å². The van der Waals surface area contributed by atoms with E-state index < -0.39 is 11.6 Å². The lowest BCUT2D eigenvalue weighted by Crippen LogP contribution is -2.26. The molecule has 0 saturated carbocycles. The average molecular weight is 435 g/mol. The van der Waals surface area contributed by atoms with E-state index in [0.717, 1.165) is 23.7 Å². The maximum absolute atomic E-state index is 14.4. The highest BCUT2D eigenvalue weighted by atomic mass is 19.1. The van der Waals surface area contributed by atoms with Gasteiger partial charge in [0.2, 0.25) is 17.8 Å². The largest absolute Gasteiger partial charge is 0.368 e. The van der Waals surface area contributed by atoms with Gasteiger partial charge in [-0.25, -0.2) is 8.78 Å². The highest BCUT2D eigenvalue weighted by Crippen LogP contribution is 2.36. The standard InChI is InChI=1S/C21H19F2N9/c22-13-5-6-14(15(23)9-13)17-4-2-8-32(17)21-28-19(24)27-20(29-21)26-18-10-16(30-31-18)12-3-1-7-25-11-12/h1,3,5-7,9-11,17H,2,4,8H2,(H4,24,26,27,28,29,30,31). The fourth-order valence-corrected chi connectivity index (χ4v) is 3.84. The predicted molar refractivity (Wildman–Crippen MR) is 115 cm³/mol. The van der Waals surface area contributed by atoms with Crippen LogP contribution in [0.3, 0.4) is 0 Å². The van der Waals surface area contributed by atoms with Crippen molar-refractivity contribution in [3.63, 3.8) is 0 Å². The molecule has 1 atom stereocenters. The second kappa shape index (κ2) is 8.17. The van der Waals surface area contributed by atoms with Crippen molar-refractivity contribution in [3.8, 4) is 11.3 Å². The van der Waals surface area contributed by atoms with E-state index >= 15 is 0 Å². The van der Waals surface area contributed by atoms with Gasteiger partial charge in [-0.05, 0) is 31.0 Å². The lowest BCUT2D eigenvalue weighted by molar-refractivity contribution is 0.552. The third kappa shape index (κ3) is 3.92. The van der Waals surface area contributed by atoms with Crippen LogP contribution in [0.15, 0.2) is 48.8 Å². The van der Waals surface area contributed by atoms with Crippen molar-refractivity contribution in [3.05, 3.63) is 66.0 Å². The summed E-state index contributed by atoms with van der Waals surface area (Å²) in [6, 6.07) is 8.81. The number of rotatable bonds is 5. The van der Waals surface area contributed by atoms with Crippen LogP contribution in [0.4, 0.5) is 32.4 Å². The zero-order valence-electron chi connectivity index (χ0n) is 16.8. The number of nitrogen functional groups attached to an aromatic ring is 1. The second-order valence-corrected chi connectivity index (χ2v) is 7.37. The molecule has 1 saturated heterocycles. The molecular formula is C21H19F2N9. The molecule has 162 valence electrons.